The van der Waals surface area contributed by atoms with E-state index >= 15 is 0 Å². The second kappa shape index (κ2) is 3.31. The zero-order valence-corrected chi connectivity index (χ0v) is 9.34. The topological polar surface area (TPSA) is 3.24 Å². The van der Waals surface area contributed by atoms with Crippen LogP contribution in [0.3, 0.4) is 0 Å². The lowest BCUT2D eigenvalue weighted by atomic mass is 9.30. The van der Waals surface area contributed by atoms with Crippen molar-refractivity contribution in [3.05, 3.63) is 0 Å². The maximum absolute atomic E-state index is 2.52. The molecule has 2 heterocycles. The predicted octanol–water partition coefficient (Wildman–Crippen LogP) is 2.62. The number of hydrogen-bond acceptors (Lipinski definition) is 1. The van der Waals surface area contributed by atoms with Gasteiger partial charge in [-0.15, -0.1) is 0 Å². The Morgan fingerprint density at radius 2 is 2.08 bits per heavy atom. The maximum Gasteiger partial charge on any atom is 0.145 e. The lowest BCUT2D eigenvalue weighted by Crippen LogP contribution is -2.44. The highest BCUT2D eigenvalue weighted by atomic mass is 15.1. The molecule has 0 aromatic rings. The molecule has 2 aliphatic rings. The van der Waals surface area contributed by atoms with Gasteiger partial charge in [0.15, 0.2) is 0 Å². The summed E-state index contributed by atoms with van der Waals surface area (Å²) in [4.78, 5) is 2.52. The van der Waals surface area contributed by atoms with E-state index in [0.717, 1.165) is 12.5 Å². The largest absolute Gasteiger partial charge is 0.307 e. The van der Waals surface area contributed by atoms with Gasteiger partial charge in [0.1, 0.15) is 6.71 Å². The molecule has 1 atom stereocenters. The van der Waals surface area contributed by atoms with Crippen molar-refractivity contribution in [1.29, 1.82) is 0 Å². The highest BCUT2D eigenvalue weighted by Crippen LogP contribution is 2.44. The fourth-order valence-corrected chi connectivity index (χ4v) is 3.26. The van der Waals surface area contributed by atoms with Gasteiger partial charge in [-0.25, -0.2) is 0 Å². The fourth-order valence-electron chi connectivity index (χ4n) is 3.26. The van der Waals surface area contributed by atoms with E-state index in [4.69, 9.17) is 0 Å². The summed E-state index contributed by atoms with van der Waals surface area (Å²) >= 11 is 0. The minimum atomic E-state index is 0.624. The molecule has 2 rings (SSSR count). The Bertz CT molecular complexity index is 191. The highest BCUT2D eigenvalue weighted by molar-refractivity contribution is 6.61. The monoisotopic (exact) mass is 179 g/mol. The van der Waals surface area contributed by atoms with Crippen LogP contribution in [0, 0.1) is 5.41 Å². The summed E-state index contributed by atoms with van der Waals surface area (Å²) in [7, 11) is 2.28. The molecule has 0 aliphatic carbocycles. The van der Waals surface area contributed by atoms with E-state index in [1.165, 1.54) is 38.6 Å². The van der Waals surface area contributed by atoms with Crippen molar-refractivity contribution in [3.63, 3.8) is 0 Å². The van der Waals surface area contributed by atoms with E-state index < -0.39 is 0 Å². The first-order valence-corrected chi connectivity index (χ1v) is 5.75. The average Bonchev–Trinajstić information content (AvgIpc) is 2.01. The molecule has 0 radical (unpaired) electrons. The summed E-state index contributed by atoms with van der Waals surface area (Å²) in [5.74, 6) is 1.00. The average molecular weight is 179 g/mol. The van der Waals surface area contributed by atoms with Crippen LogP contribution in [0.15, 0.2) is 0 Å². The van der Waals surface area contributed by atoms with Gasteiger partial charge in [0.05, 0.1) is 0 Å². The molecule has 0 saturated carbocycles. The Labute approximate surface area is 83.0 Å². The summed E-state index contributed by atoms with van der Waals surface area (Å²) < 4.78 is 0. The van der Waals surface area contributed by atoms with Gasteiger partial charge < -0.3 is 4.90 Å². The van der Waals surface area contributed by atoms with Crippen molar-refractivity contribution < 1.29 is 0 Å². The SMILES string of the molecule is CN1CCB2CCC(C)(C)CC2C1. The zero-order valence-electron chi connectivity index (χ0n) is 9.34. The van der Waals surface area contributed by atoms with Crippen LogP contribution in [0.4, 0.5) is 0 Å². The van der Waals surface area contributed by atoms with Crippen LogP contribution in [0.25, 0.3) is 0 Å². The Morgan fingerprint density at radius 3 is 2.85 bits per heavy atom. The quantitative estimate of drug-likeness (QED) is 0.516. The highest BCUT2D eigenvalue weighted by Gasteiger charge is 2.39. The van der Waals surface area contributed by atoms with Crippen molar-refractivity contribution in [1.82, 2.24) is 4.90 Å². The van der Waals surface area contributed by atoms with Gasteiger partial charge in [0, 0.05) is 0 Å². The van der Waals surface area contributed by atoms with Gasteiger partial charge in [-0.1, -0.05) is 39.3 Å². The number of fused-ring (bicyclic) bond motifs is 1. The normalized spacial score (nSPS) is 34.4. The predicted molar refractivity (Wildman–Crippen MR) is 59.6 cm³/mol. The van der Waals surface area contributed by atoms with Crippen molar-refractivity contribution in [2.75, 3.05) is 20.1 Å². The molecule has 0 aromatic carbocycles. The lowest BCUT2D eigenvalue weighted by molar-refractivity contribution is 0.240. The summed E-state index contributed by atoms with van der Waals surface area (Å²) in [6.07, 6.45) is 5.86. The molecular weight excluding hydrogens is 157 g/mol. The lowest BCUT2D eigenvalue weighted by Gasteiger charge is -2.44. The molecule has 2 saturated heterocycles. The third kappa shape index (κ3) is 2.09. The van der Waals surface area contributed by atoms with Gasteiger partial charge in [0.25, 0.3) is 0 Å². The fraction of sp³-hybridized carbons (Fsp3) is 1.00. The van der Waals surface area contributed by atoms with Crippen LogP contribution in [0.1, 0.15) is 26.7 Å². The van der Waals surface area contributed by atoms with Crippen molar-refractivity contribution in [2.45, 2.75) is 45.1 Å². The first kappa shape index (κ1) is 9.58. The van der Waals surface area contributed by atoms with E-state index in [-0.39, 0.29) is 0 Å². The van der Waals surface area contributed by atoms with E-state index in [2.05, 4.69) is 25.8 Å². The van der Waals surface area contributed by atoms with Crippen LogP contribution in [-0.2, 0) is 0 Å². The van der Waals surface area contributed by atoms with Crippen molar-refractivity contribution in [2.24, 2.45) is 5.41 Å². The second-order valence-corrected chi connectivity index (χ2v) is 5.98. The molecule has 2 aliphatic heterocycles. The van der Waals surface area contributed by atoms with E-state index in [0.29, 0.717) is 5.41 Å². The summed E-state index contributed by atoms with van der Waals surface area (Å²) in [6, 6.07) is 0. The Hall–Kier alpha value is 0.0249. The molecule has 1 nitrogen and oxygen atoms in total. The zero-order chi connectivity index (χ0) is 9.47. The maximum atomic E-state index is 2.52. The summed E-state index contributed by atoms with van der Waals surface area (Å²) in [6.45, 7) is 8.63. The Balaban J connectivity index is 2.00. The van der Waals surface area contributed by atoms with Gasteiger partial charge in [-0.3, -0.25) is 0 Å². The molecule has 13 heavy (non-hydrogen) atoms. The Kier molecular flexibility index (Phi) is 2.44. The molecule has 2 heteroatoms. The molecule has 2 fully saturated rings. The molecule has 0 spiro atoms. The van der Waals surface area contributed by atoms with Gasteiger partial charge in [0.2, 0.25) is 0 Å². The molecule has 0 N–H and O–H groups in total. The Morgan fingerprint density at radius 1 is 1.31 bits per heavy atom. The molecule has 74 valence electrons. The minimum absolute atomic E-state index is 0.624. The number of nitrogens with zero attached hydrogens (tertiary/aromatic N) is 1. The standard InChI is InChI=1S/C11H22BN/c1-11(2)4-5-12-6-7-13(3)9-10(12)8-11/h10H,4-9H2,1-3H3. The van der Waals surface area contributed by atoms with Crippen LogP contribution in [-0.4, -0.2) is 31.7 Å². The van der Waals surface area contributed by atoms with Gasteiger partial charge in [-0.2, -0.15) is 0 Å². The molecular formula is C11H22BN. The van der Waals surface area contributed by atoms with Gasteiger partial charge in [-0.05, 0) is 31.4 Å². The van der Waals surface area contributed by atoms with E-state index in [9.17, 15) is 0 Å². The third-order valence-electron chi connectivity index (χ3n) is 4.10. The van der Waals surface area contributed by atoms with Crippen LogP contribution in [0.5, 0.6) is 0 Å². The van der Waals surface area contributed by atoms with Crippen LogP contribution >= 0.6 is 0 Å². The van der Waals surface area contributed by atoms with Crippen LogP contribution < -0.4 is 0 Å². The number of rotatable bonds is 0. The molecule has 0 bridgehead atoms. The first-order valence-electron chi connectivity index (χ1n) is 5.75. The smallest absolute Gasteiger partial charge is 0.145 e. The first-order chi connectivity index (χ1) is 6.07. The number of hydrogen-bond donors (Lipinski definition) is 0. The second-order valence-electron chi connectivity index (χ2n) is 5.98. The summed E-state index contributed by atoms with van der Waals surface area (Å²) in [5.41, 5.74) is 0.624. The van der Waals surface area contributed by atoms with Crippen molar-refractivity contribution >= 4 is 6.71 Å². The molecule has 0 aromatic heterocycles. The third-order valence-corrected chi connectivity index (χ3v) is 4.10. The van der Waals surface area contributed by atoms with Crippen molar-refractivity contribution in [3.8, 4) is 0 Å². The molecule has 1 unspecified atom stereocenters. The van der Waals surface area contributed by atoms with E-state index in [1.807, 2.05) is 0 Å². The summed E-state index contributed by atoms with van der Waals surface area (Å²) in [5, 5.41) is 0. The molecule has 0 amide bonds. The minimum Gasteiger partial charge on any atom is -0.307 e. The van der Waals surface area contributed by atoms with E-state index in [1.54, 1.807) is 0 Å². The van der Waals surface area contributed by atoms with Crippen LogP contribution in [0.2, 0.25) is 18.5 Å². The van der Waals surface area contributed by atoms with Gasteiger partial charge >= 0.3 is 0 Å².